The third-order valence-corrected chi connectivity index (χ3v) is 5.73. The van der Waals surface area contributed by atoms with E-state index in [1.807, 2.05) is 75.0 Å². The lowest BCUT2D eigenvalue weighted by Gasteiger charge is -2.33. The number of benzene rings is 2. The molecule has 2 rings (SSSR count). The second kappa shape index (κ2) is 11.2. The molecule has 0 spiro atoms. The van der Waals surface area contributed by atoms with E-state index in [0.717, 1.165) is 11.3 Å². The van der Waals surface area contributed by atoms with E-state index in [4.69, 9.17) is 11.6 Å². The van der Waals surface area contributed by atoms with Gasteiger partial charge in [-0.2, -0.15) is 0 Å². The second-order valence-corrected chi connectivity index (χ2v) is 9.30. The highest BCUT2D eigenvalue weighted by atomic mass is 35.5. The number of urea groups is 1. The van der Waals surface area contributed by atoms with Crippen LogP contribution < -0.4 is 15.5 Å². The molecule has 174 valence electrons. The zero-order valence-corrected chi connectivity index (χ0v) is 20.8. The van der Waals surface area contributed by atoms with Crippen molar-refractivity contribution in [1.82, 2.24) is 10.2 Å². The molecule has 7 heteroatoms. The number of hydrogen-bond donors (Lipinski definition) is 2. The Morgan fingerprint density at radius 3 is 2.22 bits per heavy atom. The molecule has 1 atom stereocenters. The molecule has 3 amide bonds. The van der Waals surface area contributed by atoms with Crippen molar-refractivity contribution in [2.24, 2.45) is 5.92 Å². The number of nitrogens with one attached hydrogen (secondary N) is 2. The summed E-state index contributed by atoms with van der Waals surface area (Å²) >= 11 is 6.35. The third kappa shape index (κ3) is 6.63. The first-order valence-electron chi connectivity index (χ1n) is 10.9. The summed E-state index contributed by atoms with van der Waals surface area (Å²) in [4.78, 5) is 29.6. The predicted octanol–water partition coefficient (Wildman–Crippen LogP) is 5.62. The Bertz CT molecular complexity index is 943. The van der Waals surface area contributed by atoms with Crippen LogP contribution in [0.1, 0.15) is 50.5 Å². The predicted molar refractivity (Wildman–Crippen MR) is 134 cm³/mol. The Balaban J connectivity index is 2.44. The van der Waals surface area contributed by atoms with Gasteiger partial charge in [0.25, 0.3) is 5.91 Å². The number of halogens is 1. The highest BCUT2D eigenvalue weighted by Crippen LogP contribution is 2.28. The molecule has 0 aliphatic rings. The molecule has 0 bridgehead atoms. The standard InChI is InChI=1S/C25H35ClN4O2/c1-16(2)18(5)30(24(31)21-10-8-9-11-22(21)26)15-19-14-20(12-13-23(19)29(6)7)28-25(32)27-17(3)4/h8-14,16-18H,15H2,1-7H3,(H2,27,28,32)/t18-/m1/s1. The van der Waals surface area contributed by atoms with E-state index in [1.165, 1.54) is 0 Å². The Hall–Kier alpha value is -2.73. The molecule has 32 heavy (non-hydrogen) atoms. The number of carbonyl (C=O) groups excluding carboxylic acids is 2. The maximum absolute atomic E-state index is 13.5. The van der Waals surface area contributed by atoms with E-state index < -0.39 is 0 Å². The fourth-order valence-electron chi connectivity index (χ4n) is 3.39. The van der Waals surface area contributed by atoms with E-state index in [2.05, 4.69) is 24.5 Å². The molecule has 0 unspecified atom stereocenters. The minimum absolute atomic E-state index is 0.0189. The molecule has 0 aliphatic carbocycles. The van der Waals surface area contributed by atoms with Gasteiger partial charge in [-0.1, -0.05) is 37.6 Å². The van der Waals surface area contributed by atoms with Crippen LogP contribution in [0.5, 0.6) is 0 Å². The van der Waals surface area contributed by atoms with Gasteiger partial charge in [-0.15, -0.1) is 0 Å². The molecule has 0 saturated carbocycles. The fraction of sp³-hybridized carbons (Fsp3) is 0.440. The van der Waals surface area contributed by atoms with E-state index in [0.29, 0.717) is 22.8 Å². The lowest BCUT2D eigenvalue weighted by Crippen LogP contribution is -2.41. The molecule has 2 aromatic rings. The van der Waals surface area contributed by atoms with Crippen LogP contribution >= 0.6 is 11.6 Å². The molecule has 0 saturated heterocycles. The molecule has 0 aromatic heterocycles. The normalized spacial score (nSPS) is 11.9. The number of rotatable bonds is 8. The Labute approximate surface area is 196 Å². The molecule has 0 aliphatic heterocycles. The minimum Gasteiger partial charge on any atom is -0.377 e. The average molecular weight is 459 g/mol. The van der Waals surface area contributed by atoms with Crippen LogP contribution in [0.25, 0.3) is 0 Å². The summed E-state index contributed by atoms with van der Waals surface area (Å²) in [5.41, 5.74) is 3.07. The highest BCUT2D eigenvalue weighted by Gasteiger charge is 2.26. The first-order valence-corrected chi connectivity index (χ1v) is 11.3. The van der Waals surface area contributed by atoms with Crippen LogP contribution in [0.15, 0.2) is 42.5 Å². The molecule has 0 heterocycles. The number of hydrogen-bond acceptors (Lipinski definition) is 3. The Kier molecular flexibility index (Phi) is 8.96. The summed E-state index contributed by atoms with van der Waals surface area (Å²) in [5.74, 6) is 0.139. The van der Waals surface area contributed by atoms with Gasteiger partial charge in [0, 0.05) is 44.1 Å². The van der Waals surface area contributed by atoms with Crippen LogP contribution in [-0.2, 0) is 6.54 Å². The van der Waals surface area contributed by atoms with Crippen molar-refractivity contribution in [3.8, 4) is 0 Å². The van der Waals surface area contributed by atoms with Crippen molar-refractivity contribution in [1.29, 1.82) is 0 Å². The molecule has 6 nitrogen and oxygen atoms in total. The SMILES string of the molecule is CC(C)NC(=O)Nc1ccc(N(C)C)c(CN(C(=O)c2ccccc2Cl)[C@H](C)C(C)C)c1. The second-order valence-electron chi connectivity index (χ2n) is 8.89. The van der Waals surface area contributed by atoms with Gasteiger partial charge in [0.15, 0.2) is 0 Å². The quantitative estimate of drug-likeness (QED) is 0.539. The average Bonchev–Trinajstić information content (AvgIpc) is 2.70. The van der Waals surface area contributed by atoms with E-state index in [1.54, 1.807) is 12.1 Å². The first-order chi connectivity index (χ1) is 15.0. The molecular weight excluding hydrogens is 424 g/mol. The van der Waals surface area contributed by atoms with Gasteiger partial charge in [-0.3, -0.25) is 4.79 Å². The molecule has 0 fully saturated rings. The summed E-state index contributed by atoms with van der Waals surface area (Å²) in [6, 6.07) is 12.6. The Morgan fingerprint density at radius 2 is 1.66 bits per heavy atom. The van der Waals surface area contributed by atoms with Gasteiger partial charge >= 0.3 is 6.03 Å². The topological polar surface area (TPSA) is 64.7 Å². The fourth-order valence-corrected chi connectivity index (χ4v) is 3.61. The first kappa shape index (κ1) is 25.5. The smallest absolute Gasteiger partial charge is 0.319 e. The Morgan fingerprint density at radius 1 is 1.00 bits per heavy atom. The maximum Gasteiger partial charge on any atom is 0.319 e. The van der Waals surface area contributed by atoms with E-state index >= 15 is 0 Å². The molecule has 2 aromatic carbocycles. The molecular formula is C25H35ClN4O2. The van der Waals surface area contributed by atoms with E-state index in [-0.39, 0.29) is 29.9 Å². The summed E-state index contributed by atoms with van der Waals surface area (Å²) in [6.07, 6.45) is 0. The van der Waals surface area contributed by atoms with Crippen LogP contribution in [0.4, 0.5) is 16.2 Å². The molecule has 2 N–H and O–H groups in total. The monoisotopic (exact) mass is 458 g/mol. The molecule has 0 radical (unpaired) electrons. The van der Waals surface area contributed by atoms with Crippen LogP contribution in [0, 0.1) is 5.92 Å². The van der Waals surface area contributed by atoms with Crippen LogP contribution in [0.2, 0.25) is 5.02 Å². The van der Waals surface area contributed by atoms with Crippen LogP contribution in [-0.4, -0.2) is 43.0 Å². The van der Waals surface area contributed by atoms with E-state index in [9.17, 15) is 9.59 Å². The van der Waals surface area contributed by atoms with Crippen molar-refractivity contribution in [3.63, 3.8) is 0 Å². The number of carbonyl (C=O) groups is 2. The van der Waals surface area contributed by atoms with Crippen molar-refractivity contribution < 1.29 is 9.59 Å². The van der Waals surface area contributed by atoms with Crippen LogP contribution in [0.3, 0.4) is 0 Å². The zero-order chi connectivity index (χ0) is 24.0. The number of nitrogens with zero attached hydrogens (tertiary/aromatic N) is 2. The largest absolute Gasteiger partial charge is 0.377 e. The maximum atomic E-state index is 13.5. The highest BCUT2D eigenvalue weighted by molar-refractivity contribution is 6.33. The van der Waals surface area contributed by atoms with Gasteiger partial charge in [-0.25, -0.2) is 4.79 Å². The van der Waals surface area contributed by atoms with Crippen molar-refractivity contribution >= 4 is 34.9 Å². The summed E-state index contributed by atoms with van der Waals surface area (Å²) in [5, 5.41) is 6.15. The van der Waals surface area contributed by atoms with Gasteiger partial charge in [0.1, 0.15) is 0 Å². The number of amides is 3. The van der Waals surface area contributed by atoms with Gasteiger partial charge in [0.2, 0.25) is 0 Å². The summed E-state index contributed by atoms with van der Waals surface area (Å²) < 4.78 is 0. The van der Waals surface area contributed by atoms with Crippen molar-refractivity contribution in [2.45, 2.75) is 53.2 Å². The van der Waals surface area contributed by atoms with Gasteiger partial charge in [0.05, 0.1) is 10.6 Å². The minimum atomic E-state index is -0.261. The third-order valence-electron chi connectivity index (χ3n) is 5.40. The summed E-state index contributed by atoms with van der Waals surface area (Å²) in [6.45, 7) is 10.4. The summed E-state index contributed by atoms with van der Waals surface area (Å²) in [7, 11) is 3.92. The lowest BCUT2D eigenvalue weighted by atomic mass is 10.0. The number of anilines is 2. The van der Waals surface area contributed by atoms with Gasteiger partial charge < -0.3 is 20.4 Å². The zero-order valence-electron chi connectivity index (χ0n) is 20.1. The van der Waals surface area contributed by atoms with Crippen molar-refractivity contribution in [3.05, 3.63) is 58.6 Å². The lowest BCUT2D eigenvalue weighted by molar-refractivity contribution is 0.0628. The van der Waals surface area contributed by atoms with Gasteiger partial charge in [-0.05, 0) is 62.6 Å². The van der Waals surface area contributed by atoms with Crippen molar-refractivity contribution in [2.75, 3.05) is 24.3 Å².